The average molecular weight is 222 g/mol. The molecule has 17 heavy (non-hydrogen) atoms. The maximum absolute atomic E-state index is 3.31. The minimum atomic E-state index is 1.14. The van der Waals surface area contributed by atoms with Gasteiger partial charge >= 0.3 is 0 Å². The third kappa shape index (κ3) is 1.72. The number of H-pyrrole nitrogens is 1. The van der Waals surface area contributed by atoms with E-state index in [4.69, 9.17) is 0 Å². The number of aromatic nitrogens is 1. The second kappa shape index (κ2) is 4.25. The van der Waals surface area contributed by atoms with E-state index in [-0.39, 0.29) is 0 Å². The molecule has 0 bridgehead atoms. The van der Waals surface area contributed by atoms with Gasteiger partial charge in [-0.3, -0.25) is 0 Å². The summed E-state index contributed by atoms with van der Waals surface area (Å²) in [6, 6.07) is 12.9. The fraction of sp³-hybridized carbons (Fsp3) is 0.188. The van der Waals surface area contributed by atoms with Gasteiger partial charge in [-0.1, -0.05) is 37.6 Å². The van der Waals surface area contributed by atoms with E-state index in [1.165, 1.54) is 34.7 Å². The van der Waals surface area contributed by atoms with E-state index in [2.05, 4.69) is 54.4 Å². The lowest BCUT2D eigenvalue weighted by Gasteiger charge is -2.14. The van der Waals surface area contributed by atoms with Crippen LogP contribution >= 0.6 is 0 Å². The van der Waals surface area contributed by atoms with Gasteiger partial charge in [0.25, 0.3) is 0 Å². The van der Waals surface area contributed by atoms with Gasteiger partial charge in [0.2, 0.25) is 0 Å². The molecule has 1 N–H and O–H groups in total. The van der Waals surface area contributed by atoms with Crippen LogP contribution in [0.25, 0.3) is 11.6 Å². The zero-order chi connectivity index (χ0) is 11.7. The highest BCUT2D eigenvalue weighted by Gasteiger charge is 2.26. The first-order chi connectivity index (χ1) is 8.40. The van der Waals surface area contributed by atoms with Crippen molar-refractivity contribution in [1.82, 2.24) is 4.98 Å². The number of rotatable bonds is 3. The second-order valence-electron chi connectivity index (χ2n) is 4.46. The number of benzene rings is 1. The van der Waals surface area contributed by atoms with Gasteiger partial charge in [-0.25, -0.2) is 0 Å². The maximum atomic E-state index is 3.31. The predicted octanol–water partition coefficient (Wildman–Crippen LogP) is 4.29. The molecule has 2 aromatic rings. The van der Waals surface area contributed by atoms with Gasteiger partial charge in [0.1, 0.15) is 0 Å². The summed E-state index contributed by atoms with van der Waals surface area (Å²) >= 11 is 0. The van der Waals surface area contributed by atoms with Gasteiger partial charge in [-0.05, 0) is 41.3 Å². The van der Waals surface area contributed by atoms with E-state index in [1.54, 1.807) is 0 Å². The Morgan fingerprint density at radius 1 is 1.06 bits per heavy atom. The molecule has 0 saturated carbocycles. The molecular weight excluding hydrogens is 206 g/mol. The molecule has 3 rings (SSSR count). The highest BCUT2D eigenvalue weighted by Crippen LogP contribution is 2.42. The summed E-state index contributed by atoms with van der Waals surface area (Å²) in [6.07, 6.45) is 6.61. The fourth-order valence-corrected chi connectivity index (χ4v) is 2.54. The number of nitrogens with one attached hydrogen (secondary N) is 1. The quantitative estimate of drug-likeness (QED) is 0.797. The van der Waals surface area contributed by atoms with Crippen LogP contribution in [0.2, 0.25) is 0 Å². The Labute approximate surface area is 102 Å². The van der Waals surface area contributed by atoms with Gasteiger partial charge in [0, 0.05) is 17.8 Å². The lowest BCUT2D eigenvalue weighted by Crippen LogP contribution is -1.99. The van der Waals surface area contributed by atoms with Crippen LogP contribution < -0.4 is 0 Å². The summed E-state index contributed by atoms with van der Waals surface area (Å²) in [5.74, 6) is 1.48. The van der Waals surface area contributed by atoms with E-state index in [0.29, 0.717) is 0 Å². The Hall–Kier alpha value is -1.76. The Bertz CT molecular complexity index is 534. The lowest BCUT2D eigenvalue weighted by atomic mass is 9.90. The van der Waals surface area contributed by atoms with E-state index in [1.807, 2.05) is 6.20 Å². The Morgan fingerprint density at radius 2 is 1.94 bits per heavy atom. The third-order valence-electron chi connectivity index (χ3n) is 3.30. The fourth-order valence-electron chi connectivity index (χ4n) is 2.54. The van der Waals surface area contributed by atoms with Crippen molar-refractivity contribution in [2.75, 3.05) is 0 Å². The Balaban J connectivity index is 2.06. The minimum Gasteiger partial charge on any atom is -0.361 e. The molecule has 0 unspecified atom stereocenters. The van der Waals surface area contributed by atoms with Crippen LogP contribution in [-0.2, 0) is 0 Å². The number of fused-ring (bicyclic) bond motifs is 1. The molecule has 1 aliphatic rings. The Morgan fingerprint density at radius 3 is 2.71 bits per heavy atom. The van der Waals surface area contributed by atoms with E-state index < -0.39 is 0 Å². The van der Waals surface area contributed by atoms with Crippen LogP contribution in [0.15, 0.2) is 42.6 Å². The van der Waals surface area contributed by atoms with Crippen molar-refractivity contribution >= 4 is 11.6 Å². The van der Waals surface area contributed by atoms with Crippen molar-refractivity contribution in [3.8, 4) is 0 Å². The second-order valence-corrected chi connectivity index (χ2v) is 4.46. The smallest absolute Gasteiger partial charge is 0.0422 e. The molecular formula is C16H16N. The summed E-state index contributed by atoms with van der Waals surface area (Å²) in [4.78, 5) is 3.31. The van der Waals surface area contributed by atoms with Gasteiger partial charge in [0.15, 0.2) is 0 Å². The zero-order valence-electron chi connectivity index (χ0n) is 10.0. The van der Waals surface area contributed by atoms with Crippen LogP contribution in [0.5, 0.6) is 0 Å². The molecule has 1 heteroatoms. The monoisotopic (exact) mass is 222 g/mol. The van der Waals surface area contributed by atoms with Crippen molar-refractivity contribution < 1.29 is 0 Å². The van der Waals surface area contributed by atoms with Crippen molar-refractivity contribution in [3.05, 3.63) is 65.3 Å². The van der Waals surface area contributed by atoms with Crippen molar-refractivity contribution in [2.45, 2.75) is 19.8 Å². The summed E-state index contributed by atoms with van der Waals surface area (Å²) in [7, 11) is 0. The molecule has 1 aromatic carbocycles. The first-order valence-corrected chi connectivity index (χ1v) is 6.21. The van der Waals surface area contributed by atoms with Crippen LogP contribution in [0.1, 0.15) is 36.6 Å². The maximum Gasteiger partial charge on any atom is 0.0422 e. The molecule has 1 aliphatic carbocycles. The summed E-state index contributed by atoms with van der Waals surface area (Å²) < 4.78 is 0. The summed E-state index contributed by atoms with van der Waals surface area (Å²) in [6.45, 7) is 2.24. The molecule has 0 aliphatic heterocycles. The van der Waals surface area contributed by atoms with Crippen molar-refractivity contribution in [1.29, 1.82) is 0 Å². The van der Waals surface area contributed by atoms with Crippen LogP contribution in [0.4, 0.5) is 0 Å². The van der Waals surface area contributed by atoms with E-state index in [9.17, 15) is 0 Å². The number of hydrogen-bond acceptors (Lipinski definition) is 0. The normalized spacial score (nSPS) is 14.8. The lowest BCUT2D eigenvalue weighted by molar-refractivity contribution is 0.871. The van der Waals surface area contributed by atoms with E-state index >= 15 is 0 Å². The molecule has 0 amide bonds. The molecule has 1 radical (unpaired) electrons. The number of allylic oxidation sites excluding steroid dienone is 1. The number of hydrogen-bond donors (Lipinski definition) is 1. The van der Waals surface area contributed by atoms with Gasteiger partial charge in [0.05, 0.1) is 0 Å². The van der Waals surface area contributed by atoms with E-state index in [0.717, 1.165) is 6.42 Å². The molecule has 0 fully saturated rings. The van der Waals surface area contributed by atoms with Gasteiger partial charge < -0.3 is 4.98 Å². The minimum absolute atomic E-state index is 1.14. The number of aromatic amines is 1. The van der Waals surface area contributed by atoms with Crippen LogP contribution in [-0.4, -0.2) is 4.98 Å². The topological polar surface area (TPSA) is 15.8 Å². The highest BCUT2D eigenvalue weighted by molar-refractivity contribution is 5.97. The third-order valence-corrected chi connectivity index (χ3v) is 3.30. The highest BCUT2D eigenvalue weighted by atomic mass is 14.7. The van der Waals surface area contributed by atoms with Crippen LogP contribution in [0, 0.1) is 5.92 Å². The standard InChI is InChI=1S/C16H16N/c1-2-6-14-13-8-4-3-7-12(13)11-15(14)16-9-5-10-17-16/h3-5,7-11,17H,2,6H2,1H3. The molecule has 85 valence electrons. The van der Waals surface area contributed by atoms with Crippen molar-refractivity contribution in [2.24, 2.45) is 0 Å². The molecule has 1 aromatic heterocycles. The largest absolute Gasteiger partial charge is 0.361 e. The molecule has 1 heterocycles. The molecule has 0 atom stereocenters. The SMILES string of the molecule is CCC[C]1C(c2ccc[nH]2)=Cc2ccccc21. The molecule has 0 saturated heterocycles. The predicted molar refractivity (Wildman–Crippen MR) is 72.4 cm³/mol. The zero-order valence-corrected chi connectivity index (χ0v) is 10.0. The summed E-state index contributed by atoms with van der Waals surface area (Å²) in [5, 5.41) is 0. The average Bonchev–Trinajstić information content (AvgIpc) is 2.97. The van der Waals surface area contributed by atoms with Crippen LogP contribution in [0.3, 0.4) is 0 Å². The van der Waals surface area contributed by atoms with Crippen molar-refractivity contribution in [3.63, 3.8) is 0 Å². The van der Waals surface area contributed by atoms with Gasteiger partial charge in [-0.15, -0.1) is 0 Å². The first-order valence-electron chi connectivity index (χ1n) is 6.21. The summed E-state index contributed by atoms with van der Waals surface area (Å²) in [5.41, 5.74) is 5.34. The molecule has 0 spiro atoms. The van der Waals surface area contributed by atoms with Gasteiger partial charge in [-0.2, -0.15) is 0 Å². The molecule has 1 nitrogen and oxygen atoms in total. The Kier molecular flexibility index (Phi) is 2.60. The first kappa shape index (κ1) is 10.4.